The van der Waals surface area contributed by atoms with Crippen molar-refractivity contribution in [3.63, 3.8) is 0 Å². The Kier molecular flexibility index (Phi) is 6.42. The zero-order chi connectivity index (χ0) is 21.8. The Bertz CT molecular complexity index is 1090. The Morgan fingerprint density at radius 1 is 1.19 bits per heavy atom. The van der Waals surface area contributed by atoms with E-state index in [1.165, 1.54) is 10.1 Å². The topological polar surface area (TPSA) is 76.7 Å². The van der Waals surface area contributed by atoms with Crippen molar-refractivity contribution in [2.45, 2.75) is 31.8 Å². The summed E-state index contributed by atoms with van der Waals surface area (Å²) in [6.07, 6.45) is 2.41. The molecule has 1 saturated heterocycles. The summed E-state index contributed by atoms with van der Waals surface area (Å²) >= 11 is 0. The van der Waals surface area contributed by atoms with Gasteiger partial charge in [0.05, 0.1) is 12.6 Å². The average molecular weight is 424 g/mol. The quantitative estimate of drug-likeness (QED) is 0.632. The van der Waals surface area contributed by atoms with Crippen LogP contribution in [0.2, 0.25) is 0 Å². The van der Waals surface area contributed by atoms with Gasteiger partial charge in [0.1, 0.15) is 5.75 Å². The van der Waals surface area contributed by atoms with E-state index in [2.05, 4.69) is 29.4 Å². The van der Waals surface area contributed by atoms with Crippen molar-refractivity contribution in [1.29, 1.82) is 0 Å². The number of nitrogens with zero attached hydrogens (tertiary/aromatic N) is 2. The van der Waals surface area contributed by atoms with E-state index in [1.54, 1.807) is 13.2 Å². The van der Waals surface area contributed by atoms with Crippen LogP contribution in [0.5, 0.6) is 5.75 Å². The molecule has 7 nitrogen and oxygen atoms in total. The van der Waals surface area contributed by atoms with Gasteiger partial charge in [0, 0.05) is 25.6 Å². The summed E-state index contributed by atoms with van der Waals surface area (Å²) in [6.45, 7) is 1.95. The Hall–Kier alpha value is -3.06. The van der Waals surface area contributed by atoms with Crippen molar-refractivity contribution in [2.24, 2.45) is 5.92 Å². The summed E-state index contributed by atoms with van der Waals surface area (Å²) in [5.74, 6) is 0.684. The molecule has 1 fully saturated rings. The SMILES string of the molecule is COc1ccc(C2C(CNC(=O)CCn3c(=O)oc4ccccc43)CCCN2C)cc1. The monoisotopic (exact) mass is 423 g/mol. The maximum absolute atomic E-state index is 12.5. The molecule has 1 amide bonds. The van der Waals surface area contributed by atoms with Crippen molar-refractivity contribution in [3.8, 4) is 5.75 Å². The van der Waals surface area contributed by atoms with Gasteiger partial charge in [-0.2, -0.15) is 0 Å². The lowest BCUT2D eigenvalue weighted by Crippen LogP contribution is -2.42. The molecule has 3 aromatic rings. The number of methoxy groups -OCH3 is 1. The molecular formula is C24H29N3O4. The zero-order valence-corrected chi connectivity index (χ0v) is 18.0. The molecule has 0 radical (unpaired) electrons. The van der Waals surface area contributed by atoms with Gasteiger partial charge in [-0.15, -0.1) is 0 Å². The van der Waals surface area contributed by atoms with Gasteiger partial charge in [0.25, 0.3) is 0 Å². The van der Waals surface area contributed by atoms with Crippen LogP contribution >= 0.6 is 0 Å². The number of para-hydroxylation sites is 2. The number of hydrogen-bond acceptors (Lipinski definition) is 5. The van der Waals surface area contributed by atoms with E-state index in [-0.39, 0.29) is 18.4 Å². The van der Waals surface area contributed by atoms with E-state index in [1.807, 2.05) is 30.3 Å². The van der Waals surface area contributed by atoms with Gasteiger partial charge >= 0.3 is 5.76 Å². The van der Waals surface area contributed by atoms with Crippen LogP contribution in [0.4, 0.5) is 0 Å². The van der Waals surface area contributed by atoms with Gasteiger partial charge < -0.3 is 14.5 Å². The fourth-order valence-corrected chi connectivity index (χ4v) is 4.57. The average Bonchev–Trinajstić information content (AvgIpc) is 3.11. The first-order chi connectivity index (χ1) is 15.1. The lowest BCUT2D eigenvalue weighted by molar-refractivity contribution is -0.121. The van der Waals surface area contributed by atoms with Gasteiger partial charge in [-0.25, -0.2) is 4.79 Å². The fraction of sp³-hybridized carbons (Fsp3) is 0.417. The minimum atomic E-state index is -0.428. The van der Waals surface area contributed by atoms with Crippen LogP contribution < -0.4 is 15.8 Å². The normalized spacial score (nSPS) is 19.4. The number of piperidine rings is 1. The lowest BCUT2D eigenvalue weighted by atomic mass is 9.85. The number of ether oxygens (including phenoxy) is 1. The van der Waals surface area contributed by atoms with Crippen LogP contribution in [-0.4, -0.2) is 42.6 Å². The van der Waals surface area contributed by atoms with Gasteiger partial charge in [0.15, 0.2) is 5.58 Å². The molecule has 4 rings (SSSR count). The van der Waals surface area contributed by atoms with Crippen molar-refractivity contribution in [3.05, 3.63) is 64.6 Å². The number of hydrogen-bond donors (Lipinski definition) is 1. The summed E-state index contributed by atoms with van der Waals surface area (Å²) in [7, 11) is 3.81. The highest BCUT2D eigenvalue weighted by molar-refractivity contribution is 5.76. The summed E-state index contributed by atoms with van der Waals surface area (Å²) in [5, 5.41) is 3.09. The number of fused-ring (bicyclic) bond motifs is 1. The van der Waals surface area contributed by atoms with Gasteiger partial charge in [-0.3, -0.25) is 14.3 Å². The largest absolute Gasteiger partial charge is 0.497 e. The third kappa shape index (κ3) is 4.66. The molecule has 2 heterocycles. The number of aryl methyl sites for hydroxylation is 1. The number of amides is 1. The minimum Gasteiger partial charge on any atom is -0.497 e. The first kappa shape index (κ1) is 21.2. The Labute approximate surface area is 181 Å². The molecule has 0 spiro atoms. The minimum absolute atomic E-state index is 0.0566. The van der Waals surface area contributed by atoms with Crippen molar-refractivity contribution < 1.29 is 13.9 Å². The molecule has 7 heteroatoms. The molecule has 1 aromatic heterocycles. The number of carbonyl (C=O) groups is 1. The van der Waals surface area contributed by atoms with E-state index in [0.29, 0.717) is 30.1 Å². The third-order valence-corrected chi connectivity index (χ3v) is 6.16. The fourth-order valence-electron chi connectivity index (χ4n) is 4.57. The second-order valence-electron chi connectivity index (χ2n) is 8.14. The number of rotatable bonds is 7. The number of aromatic nitrogens is 1. The molecule has 164 valence electrons. The number of nitrogens with one attached hydrogen (secondary N) is 1. The molecule has 31 heavy (non-hydrogen) atoms. The van der Waals surface area contributed by atoms with Crippen LogP contribution in [0, 0.1) is 5.92 Å². The maximum Gasteiger partial charge on any atom is 0.419 e. The highest BCUT2D eigenvalue weighted by Crippen LogP contribution is 2.35. The first-order valence-electron chi connectivity index (χ1n) is 10.8. The molecule has 2 atom stereocenters. The predicted molar refractivity (Wildman–Crippen MR) is 119 cm³/mol. The predicted octanol–water partition coefficient (Wildman–Crippen LogP) is 3.19. The van der Waals surface area contributed by atoms with Crippen molar-refractivity contribution in [1.82, 2.24) is 14.8 Å². The van der Waals surface area contributed by atoms with Crippen molar-refractivity contribution >= 4 is 17.0 Å². The standard InChI is InChI=1S/C24H29N3O4/c1-26-14-5-6-18(23(26)17-9-11-19(30-2)12-10-17)16-25-22(28)13-15-27-20-7-3-4-8-21(20)31-24(27)29/h3-4,7-12,18,23H,5-6,13-16H2,1-2H3,(H,25,28). The molecule has 1 aliphatic heterocycles. The van der Waals surface area contributed by atoms with Gasteiger partial charge in [-0.1, -0.05) is 24.3 Å². The Morgan fingerprint density at radius 3 is 2.74 bits per heavy atom. The van der Waals surface area contributed by atoms with Crippen LogP contribution in [0.15, 0.2) is 57.7 Å². The molecule has 1 N–H and O–H groups in total. The Morgan fingerprint density at radius 2 is 1.97 bits per heavy atom. The maximum atomic E-state index is 12.5. The molecule has 0 bridgehead atoms. The first-order valence-corrected chi connectivity index (χ1v) is 10.8. The smallest absolute Gasteiger partial charge is 0.419 e. The van der Waals surface area contributed by atoms with Crippen LogP contribution in [-0.2, 0) is 11.3 Å². The highest BCUT2D eigenvalue weighted by atomic mass is 16.5. The molecule has 2 aromatic carbocycles. The van der Waals surface area contributed by atoms with Crippen LogP contribution in [0.25, 0.3) is 11.1 Å². The van der Waals surface area contributed by atoms with E-state index in [9.17, 15) is 9.59 Å². The zero-order valence-electron chi connectivity index (χ0n) is 18.0. The summed E-state index contributed by atoms with van der Waals surface area (Å²) in [6, 6.07) is 15.7. The van der Waals surface area contributed by atoms with Crippen molar-refractivity contribution in [2.75, 3.05) is 27.2 Å². The molecular weight excluding hydrogens is 394 g/mol. The van der Waals surface area contributed by atoms with E-state index in [0.717, 1.165) is 25.1 Å². The summed E-state index contributed by atoms with van der Waals surface area (Å²) < 4.78 is 12.0. The number of carbonyl (C=O) groups excluding carboxylic acids is 1. The van der Waals surface area contributed by atoms with Gasteiger partial charge in [-0.05, 0) is 62.2 Å². The second-order valence-corrected chi connectivity index (χ2v) is 8.14. The molecule has 1 aliphatic rings. The summed E-state index contributed by atoms with van der Waals surface area (Å²) in [4.78, 5) is 27.0. The van der Waals surface area contributed by atoms with E-state index >= 15 is 0 Å². The summed E-state index contributed by atoms with van der Waals surface area (Å²) in [5.41, 5.74) is 2.49. The highest BCUT2D eigenvalue weighted by Gasteiger charge is 2.30. The number of benzene rings is 2. The number of oxazole rings is 1. The van der Waals surface area contributed by atoms with Crippen LogP contribution in [0.1, 0.15) is 30.9 Å². The molecule has 0 aliphatic carbocycles. The number of likely N-dealkylation sites (tertiary alicyclic amines) is 1. The molecule has 0 saturated carbocycles. The van der Waals surface area contributed by atoms with E-state index < -0.39 is 5.76 Å². The lowest BCUT2D eigenvalue weighted by Gasteiger charge is -2.39. The Balaban J connectivity index is 1.37. The second kappa shape index (κ2) is 9.39. The van der Waals surface area contributed by atoms with Gasteiger partial charge in [0.2, 0.25) is 5.91 Å². The molecule has 2 unspecified atom stereocenters. The third-order valence-electron chi connectivity index (χ3n) is 6.16. The van der Waals surface area contributed by atoms with E-state index in [4.69, 9.17) is 9.15 Å². The van der Waals surface area contributed by atoms with Crippen LogP contribution in [0.3, 0.4) is 0 Å².